The fourth-order valence-corrected chi connectivity index (χ4v) is 1.95. The second-order valence-corrected chi connectivity index (χ2v) is 4.96. The predicted octanol–water partition coefficient (Wildman–Crippen LogP) is 4.62. The highest BCUT2D eigenvalue weighted by Gasteiger charge is 1.97. The number of benzene rings is 1. The number of nitrogens with zero attached hydrogens (tertiary/aromatic N) is 3. The molecule has 0 spiro atoms. The number of aliphatic imine (C=N–C) groups is 1. The van der Waals surface area contributed by atoms with Crippen LogP contribution in [0.5, 0.6) is 0 Å². The molecule has 2 aromatic heterocycles. The Bertz CT molecular complexity index is 770. The van der Waals surface area contributed by atoms with Gasteiger partial charge in [-0.15, -0.1) is 0 Å². The lowest BCUT2D eigenvalue weighted by Crippen LogP contribution is -1.97. The van der Waals surface area contributed by atoms with E-state index in [9.17, 15) is 0 Å². The number of rotatable bonds is 4. The minimum absolute atomic E-state index is 0.693. The summed E-state index contributed by atoms with van der Waals surface area (Å²) >= 11 is 5.85. The standard InChI is InChI=1S/C17H13ClN4/c18-13-7-9-14(10-8-13)20-12-15-4-3-6-17(21-15)22-16-5-1-2-11-19-16/h1-12H,(H,19,21,22). The van der Waals surface area contributed by atoms with Crippen LogP contribution in [0.3, 0.4) is 0 Å². The molecule has 108 valence electrons. The minimum Gasteiger partial charge on any atom is -0.325 e. The summed E-state index contributed by atoms with van der Waals surface area (Å²) in [5.74, 6) is 1.47. The molecular weight excluding hydrogens is 296 g/mol. The number of aromatic nitrogens is 2. The first-order chi connectivity index (χ1) is 10.8. The van der Waals surface area contributed by atoms with Gasteiger partial charge in [-0.2, -0.15) is 0 Å². The van der Waals surface area contributed by atoms with Crippen molar-refractivity contribution in [2.45, 2.75) is 0 Å². The molecule has 0 aliphatic carbocycles. The smallest absolute Gasteiger partial charge is 0.132 e. The molecule has 3 rings (SSSR count). The van der Waals surface area contributed by atoms with Gasteiger partial charge in [0.25, 0.3) is 0 Å². The number of hydrogen-bond donors (Lipinski definition) is 1. The van der Waals surface area contributed by atoms with Crippen LogP contribution in [0.25, 0.3) is 0 Å². The van der Waals surface area contributed by atoms with Gasteiger partial charge in [0.05, 0.1) is 17.6 Å². The Kier molecular flexibility index (Phi) is 4.41. The van der Waals surface area contributed by atoms with E-state index in [0.29, 0.717) is 5.02 Å². The van der Waals surface area contributed by atoms with Gasteiger partial charge >= 0.3 is 0 Å². The van der Waals surface area contributed by atoms with Crippen LogP contribution in [-0.4, -0.2) is 16.2 Å². The molecule has 1 N–H and O–H groups in total. The Hall–Kier alpha value is -2.72. The van der Waals surface area contributed by atoms with Gasteiger partial charge < -0.3 is 5.32 Å². The van der Waals surface area contributed by atoms with Crippen LogP contribution in [0.4, 0.5) is 17.3 Å². The Morgan fingerprint density at radius 1 is 0.909 bits per heavy atom. The van der Waals surface area contributed by atoms with E-state index < -0.39 is 0 Å². The van der Waals surface area contributed by atoms with Crippen LogP contribution in [0, 0.1) is 0 Å². The van der Waals surface area contributed by atoms with E-state index in [1.165, 1.54) is 0 Å². The zero-order valence-electron chi connectivity index (χ0n) is 11.6. The molecule has 5 heteroatoms. The summed E-state index contributed by atoms with van der Waals surface area (Å²) in [5.41, 5.74) is 1.59. The minimum atomic E-state index is 0.693. The lowest BCUT2D eigenvalue weighted by Gasteiger charge is -2.04. The molecule has 0 saturated carbocycles. The van der Waals surface area contributed by atoms with Gasteiger partial charge in [-0.3, -0.25) is 4.99 Å². The predicted molar refractivity (Wildman–Crippen MR) is 90.5 cm³/mol. The summed E-state index contributed by atoms with van der Waals surface area (Å²) in [4.78, 5) is 13.1. The first kappa shape index (κ1) is 14.2. The van der Waals surface area contributed by atoms with Gasteiger partial charge in [-0.05, 0) is 48.5 Å². The Labute approximate surface area is 133 Å². The molecule has 2 heterocycles. The maximum atomic E-state index is 5.85. The molecule has 0 fully saturated rings. The highest BCUT2D eigenvalue weighted by Crippen LogP contribution is 2.16. The summed E-state index contributed by atoms with van der Waals surface area (Å²) < 4.78 is 0. The molecule has 0 saturated heterocycles. The zero-order chi connectivity index (χ0) is 15.2. The number of pyridine rings is 2. The highest BCUT2D eigenvalue weighted by atomic mass is 35.5. The third-order valence-corrected chi connectivity index (χ3v) is 3.12. The summed E-state index contributed by atoms with van der Waals surface area (Å²) in [6, 6.07) is 18.7. The molecule has 0 atom stereocenters. The van der Waals surface area contributed by atoms with E-state index in [-0.39, 0.29) is 0 Å². The zero-order valence-corrected chi connectivity index (χ0v) is 12.4. The Morgan fingerprint density at radius 2 is 1.73 bits per heavy atom. The molecular formula is C17H13ClN4. The normalized spacial score (nSPS) is 10.8. The van der Waals surface area contributed by atoms with Crippen molar-refractivity contribution in [2.24, 2.45) is 4.99 Å². The van der Waals surface area contributed by atoms with E-state index in [2.05, 4.69) is 20.3 Å². The molecule has 3 aromatic rings. The maximum Gasteiger partial charge on any atom is 0.132 e. The number of anilines is 2. The fraction of sp³-hybridized carbons (Fsp3) is 0. The number of hydrogen-bond acceptors (Lipinski definition) is 4. The third kappa shape index (κ3) is 3.90. The van der Waals surface area contributed by atoms with Crippen molar-refractivity contribution >= 4 is 35.1 Å². The average Bonchev–Trinajstić information content (AvgIpc) is 2.56. The molecule has 0 aliphatic heterocycles. The number of halogens is 1. The fourth-order valence-electron chi connectivity index (χ4n) is 1.83. The Morgan fingerprint density at radius 3 is 2.50 bits per heavy atom. The SMILES string of the molecule is Clc1ccc(N=Cc2cccc(Nc3ccccn3)n2)cc1. The first-order valence-electron chi connectivity index (χ1n) is 6.74. The van der Waals surface area contributed by atoms with Crippen LogP contribution in [0.15, 0.2) is 71.9 Å². The Balaban J connectivity index is 1.75. The lowest BCUT2D eigenvalue weighted by molar-refractivity contribution is 1.24. The quantitative estimate of drug-likeness (QED) is 0.715. The number of nitrogens with one attached hydrogen (secondary N) is 1. The molecule has 0 unspecified atom stereocenters. The van der Waals surface area contributed by atoms with Gasteiger partial charge in [0.15, 0.2) is 0 Å². The van der Waals surface area contributed by atoms with Gasteiger partial charge in [-0.1, -0.05) is 23.7 Å². The van der Waals surface area contributed by atoms with E-state index in [1.54, 1.807) is 24.5 Å². The summed E-state index contributed by atoms with van der Waals surface area (Å²) in [5, 5.41) is 3.84. The largest absolute Gasteiger partial charge is 0.325 e. The van der Waals surface area contributed by atoms with Crippen LogP contribution < -0.4 is 5.32 Å². The molecule has 1 aromatic carbocycles. The molecule has 4 nitrogen and oxygen atoms in total. The van der Waals surface area contributed by atoms with Crippen molar-refractivity contribution in [3.05, 3.63) is 77.6 Å². The topological polar surface area (TPSA) is 50.2 Å². The monoisotopic (exact) mass is 308 g/mol. The summed E-state index contributed by atoms with van der Waals surface area (Å²) in [6.45, 7) is 0. The van der Waals surface area contributed by atoms with Crippen LogP contribution >= 0.6 is 11.6 Å². The third-order valence-electron chi connectivity index (χ3n) is 2.86. The molecule has 0 amide bonds. The molecule has 0 aliphatic rings. The molecule has 0 bridgehead atoms. The van der Waals surface area contributed by atoms with Crippen molar-refractivity contribution < 1.29 is 0 Å². The first-order valence-corrected chi connectivity index (χ1v) is 7.12. The van der Waals surface area contributed by atoms with Gasteiger partial charge in [0.2, 0.25) is 0 Å². The van der Waals surface area contributed by atoms with Crippen molar-refractivity contribution in [3.8, 4) is 0 Å². The van der Waals surface area contributed by atoms with E-state index in [1.807, 2.05) is 48.5 Å². The second-order valence-electron chi connectivity index (χ2n) is 4.52. The van der Waals surface area contributed by atoms with Crippen molar-refractivity contribution in [1.29, 1.82) is 0 Å². The lowest BCUT2D eigenvalue weighted by atomic mass is 10.3. The van der Waals surface area contributed by atoms with Gasteiger partial charge in [0, 0.05) is 11.2 Å². The van der Waals surface area contributed by atoms with Crippen LogP contribution in [0.1, 0.15) is 5.69 Å². The van der Waals surface area contributed by atoms with Crippen LogP contribution in [-0.2, 0) is 0 Å². The van der Waals surface area contributed by atoms with E-state index >= 15 is 0 Å². The highest BCUT2D eigenvalue weighted by molar-refractivity contribution is 6.30. The van der Waals surface area contributed by atoms with Crippen molar-refractivity contribution in [1.82, 2.24) is 9.97 Å². The van der Waals surface area contributed by atoms with Crippen molar-refractivity contribution in [2.75, 3.05) is 5.32 Å². The van der Waals surface area contributed by atoms with Gasteiger partial charge in [0.1, 0.15) is 11.6 Å². The summed E-state index contributed by atoms with van der Waals surface area (Å²) in [6.07, 6.45) is 3.45. The molecule has 22 heavy (non-hydrogen) atoms. The maximum absolute atomic E-state index is 5.85. The average molecular weight is 309 g/mol. The van der Waals surface area contributed by atoms with Crippen LogP contribution in [0.2, 0.25) is 5.02 Å². The molecule has 0 radical (unpaired) electrons. The van der Waals surface area contributed by atoms with Gasteiger partial charge in [-0.25, -0.2) is 9.97 Å². The van der Waals surface area contributed by atoms with E-state index in [0.717, 1.165) is 23.0 Å². The van der Waals surface area contributed by atoms with Crippen molar-refractivity contribution in [3.63, 3.8) is 0 Å². The van der Waals surface area contributed by atoms with E-state index in [4.69, 9.17) is 11.6 Å². The summed E-state index contributed by atoms with van der Waals surface area (Å²) in [7, 11) is 0. The second kappa shape index (κ2) is 6.83.